The second kappa shape index (κ2) is 7.31. The van der Waals surface area contributed by atoms with Crippen LogP contribution in [0.1, 0.15) is 22.8 Å². The van der Waals surface area contributed by atoms with Crippen molar-refractivity contribution in [2.75, 3.05) is 16.4 Å². The molecule has 0 unspecified atom stereocenters. The van der Waals surface area contributed by atoms with Crippen molar-refractivity contribution in [2.45, 2.75) is 24.3 Å². The molecular weight excluding hydrogens is 416 g/mol. The number of anilines is 2. The molecule has 0 saturated carbocycles. The van der Waals surface area contributed by atoms with Gasteiger partial charge < -0.3 is 14.8 Å². The Hall–Kier alpha value is -3.52. The van der Waals surface area contributed by atoms with Crippen LogP contribution in [0.4, 0.5) is 11.4 Å². The third-order valence-corrected chi connectivity index (χ3v) is 7.35. The van der Waals surface area contributed by atoms with Crippen molar-refractivity contribution in [1.29, 1.82) is 0 Å². The van der Waals surface area contributed by atoms with Gasteiger partial charge in [0.25, 0.3) is 15.9 Å². The van der Waals surface area contributed by atoms with Crippen LogP contribution in [0.25, 0.3) is 0 Å². The lowest BCUT2D eigenvalue weighted by Gasteiger charge is -2.24. The fourth-order valence-electron chi connectivity index (χ4n) is 3.99. The van der Waals surface area contributed by atoms with Gasteiger partial charge in [-0.3, -0.25) is 9.10 Å². The summed E-state index contributed by atoms with van der Waals surface area (Å²) in [6, 6.07) is 18.5. The van der Waals surface area contributed by atoms with Crippen molar-refractivity contribution < 1.29 is 22.7 Å². The van der Waals surface area contributed by atoms with E-state index in [1.807, 2.05) is 31.2 Å². The molecule has 7 nitrogen and oxygen atoms in total. The molecule has 0 saturated heterocycles. The summed E-state index contributed by atoms with van der Waals surface area (Å²) in [5, 5.41) is 2.78. The summed E-state index contributed by atoms with van der Waals surface area (Å²) in [5.74, 6) is 0.757. The zero-order valence-corrected chi connectivity index (χ0v) is 17.6. The molecule has 2 aliphatic heterocycles. The lowest BCUT2D eigenvalue weighted by molar-refractivity contribution is 0.102. The molecule has 0 aliphatic carbocycles. The van der Waals surface area contributed by atoms with Crippen LogP contribution in [-0.4, -0.2) is 27.2 Å². The Kier molecular flexibility index (Phi) is 4.59. The Morgan fingerprint density at radius 2 is 1.81 bits per heavy atom. The van der Waals surface area contributed by atoms with Crippen LogP contribution < -0.4 is 19.1 Å². The molecule has 1 atom stereocenters. The number of benzene rings is 3. The summed E-state index contributed by atoms with van der Waals surface area (Å²) in [4.78, 5) is 12.9. The number of nitrogens with one attached hydrogen (secondary N) is 1. The lowest BCUT2D eigenvalue weighted by atomic mass is 10.1. The number of rotatable bonds is 4. The number of hydrogen-bond acceptors (Lipinski definition) is 5. The fraction of sp³-hybridized carbons (Fsp3) is 0.174. The first-order chi connectivity index (χ1) is 14.9. The van der Waals surface area contributed by atoms with Crippen LogP contribution in [0.2, 0.25) is 0 Å². The van der Waals surface area contributed by atoms with Gasteiger partial charge in [-0.05, 0) is 55.3 Å². The predicted octanol–water partition coefficient (Wildman–Crippen LogP) is 3.81. The van der Waals surface area contributed by atoms with Crippen LogP contribution in [0.3, 0.4) is 0 Å². The average molecular weight is 436 g/mol. The summed E-state index contributed by atoms with van der Waals surface area (Å²) in [5.41, 5.74) is 2.46. The highest BCUT2D eigenvalue weighted by atomic mass is 32.2. The minimum atomic E-state index is -3.82. The van der Waals surface area contributed by atoms with Gasteiger partial charge in [0, 0.05) is 23.4 Å². The average Bonchev–Trinajstić information content (AvgIpc) is 3.36. The molecule has 2 aliphatic rings. The molecule has 0 aromatic heterocycles. The Morgan fingerprint density at radius 1 is 1.00 bits per heavy atom. The van der Waals surface area contributed by atoms with Crippen molar-refractivity contribution in [3.63, 3.8) is 0 Å². The maximum absolute atomic E-state index is 13.4. The van der Waals surface area contributed by atoms with E-state index in [4.69, 9.17) is 9.47 Å². The number of sulfonamides is 1. The van der Waals surface area contributed by atoms with E-state index in [-0.39, 0.29) is 23.3 Å². The Morgan fingerprint density at radius 3 is 2.68 bits per heavy atom. The minimum absolute atomic E-state index is 0.0781. The Bertz CT molecular complexity index is 1290. The topological polar surface area (TPSA) is 84.9 Å². The molecule has 0 bridgehead atoms. The monoisotopic (exact) mass is 436 g/mol. The van der Waals surface area contributed by atoms with Gasteiger partial charge in [0.15, 0.2) is 11.5 Å². The number of nitrogens with zero attached hydrogens (tertiary/aromatic N) is 1. The third kappa shape index (κ3) is 3.38. The Labute approximate surface area is 180 Å². The largest absolute Gasteiger partial charge is 0.454 e. The summed E-state index contributed by atoms with van der Waals surface area (Å²) in [7, 11) is -3.82. The van der Waals surface area contributed by atoms with Crippen LogP contribution in [0.5, 0.6) is 11.5 Å². The standard InChI is InChI=1S/C23H20N2O5S/c1-15-11-16-5-2-3-8-20(16)25(15)31(27,28)19-7-4-6-17(12-19)23(26)24-18-9-10-21-22(13-18)30-14-29-21/h2-10,12-13,15H,11,14H2,1H3,(H,24,26)/t15-/m0/s1. The molecule has 0 spiro atoms. The summed E-state index contributed by atoms with van der Waals surface area (Å²) >= 11 is 0. The number of carbonyl (C=O) groups is 1. The van der Waals surface area contributed by atoms with Gasteiger partial charge in [-0.15, -0.1) is 0 Å². The predicted molar refractivity (Wildman–Crippen MR) is 116 cm³/mol. The number of fused-ring (bicyclic) bond motifs is 2. The van der Waals surface area contributed by atoms with Crippen molar-refractivity contribution in [3.05, 3.63) is 77.9 Å². The molecule has 0 fully saturated rings. The van der Waals surface area contributed by atoms with E-state index in [9.17, 15) is 13.2 Å². The van der Waals surface area contributed by atoms with Crippen molar-refractivity contribution in [3.8, 4) is 11.5 Å². The van der Waals surface area contributed by atoms with Crippen LogP contribution in [0, 0.1) is 0 Å². The maximum atomic E-state index is 13.4. The van der Waals surface area contributed by atoms with Gasteiger partial charge in [0.05, 0.1) is 10.6 Å². The first-order valence-corrected chi connectivity index (χ1v) is 11.3. The molecule has 31 heavy (non-hydrogen) atoms. The molecule has 1 amide bonds. The van der Waals surface area contributed by atoms with Gasteiger partial charge in [0.2, 0.25) is 6.79 Å². The van der Waals surface area contributed by atoms with E-state index in [1.54, 1.807) is 30.3 Å². The molecule has 1 N–H and O–H groups in total. The van der Waals surface area contributed by atoms with Gasteiger partial charge >= 0.3 is 0 Å². The number of hydrogen-bond donors (Lipinski definition) is 1. The Balaban J connectivity index is 1.43. The highest BCUT2D eigenvalue weighted by molar-refractivity contribution is 7.92. The van der Waals surface area contributed by atoms with Crippen LogP contribution >= 0.6 is 0 Å². The molecule has 2 heterocycles. The van der Waals surface area contributed by atoms with Gasteiger partial charge in [-0.2, -0.15) is 0 Å². The van der Waals surface area contributed by atoms with E-state index in [0.29, 0.717) is 29.3 Å². The zero-order valence-electron chi connectivity index (χ0n) is 16.7. The van der Waals surface area contributed by atoms with Gasteiger partial charge in [-0.1, -0.05) is 24.3 Å². The quantitative estimate of drug-likeness (QED) is 0.672. The van der Waals surface area contributed by atoms with Crippen LogP contribution in [0.15, 0.2) is 71.6 Å². The SMILES string of the molecule is C[C@H]1Cc2ccccc2N1S(=O)(=O)c1cccc(C(=O)Nc2ccc3c(c2)OCO3)c1. The molecule has 8 heteroatoms. The first kappa shape index (κ1) is 19.4. The van der Waals surface area contributed by atoms with E-state index >= 15 is 0 Å². The number of carbonyl (C=O) groups excluding carboxylic acids is 1. The first-order valence-electron chi connectivity index (χ1n) is 9.87. The fourth-order valence-corrected chi connectivity index (χ4v) is 5.73. The van der Waals surface area contributed by atoms with E-state index in [0.717, 1.165) is 5.56 Å². The van der Waals surface area contributed by atoms with E-state index in [1.165, 1.54) is 16.4 Å². The molecule has 5 rings (SSSR count). The molecule has 3 aromatic rings. The summed E-state index contributed by atoms with van der Waals surface area (Å²) in [6.45, 7) is 2.03. The smallest absolute Gasteiger partial charge is 0.264 e. The second-order valence-corrected chi connectivity index (χ2v) is 9.35. The van der Waals surface area contributed by atoms with Gasteiger partial charge in [0.1, 0.15) is 0 Å². The van der Waals surface area contributed by atoms with E-state index < -0.39 is 15.9 Å². The normalized spacial score (nSPS) is 16.8. The molecule has 0 radical (unpaired) electrons. The molecule has 158 valence electrons. The second-order valence-electron chi connectivity index (χ2n) is 7.53. The third-order valence-electron chi connectivity index (χ3n) is 5.43. The summed E-state index contributed by atoms with van der Waals surface area (Å²) in [6.07, 6.45) is 0.652. The summed E-state index contributed by atoms with van der Waals surface area (Å²) < 4.78 is 38.9. The highest BCUT2D eigenvalue weighted by Gasteiger charge is 2.36. The van der Waals surface area contributed by atoms with Crippen molar-refractivity contribution in [2.24, 2.45) is 0 Å². The number of para-hydroxylation sites is 1. The highest BCUT2D eigenvalue weighted by Crippen LogP contribution is 2.37. The van der Waals surface area contributed by atoms with Crippen molar-refractivity contribution >= 4 is 27.3 Å². The molecule has 3 aromatic carbocycles. The zero-order chi connectivity index (χ0) is 21.6. The van der Waals surface area contributed by atoms with Gasteiger partial charge in [-0.25, -0.2) is 8.42 Å². The maximum Gasteiger partial charge on any atom is 0.264 e. The molecular formula is C23H20N2O5S. The van der Waals surface area contributed by atoms with Crippen LogP contribution in [-0.2, 0) is 16.4 Å². The number of amides is 1. The minimum Gasteiger partial charge on any atom is -0.454 e. The van der Waals surface area contributed by atoms with Crippen molar-refractivity contribution in [1.82, 2.24) is 0 Å². The van der Waals surface area contributed by atoms with E-state index in [2.05, 4.69) is 5.32 Å². The lowest BCUT2D eigenvalue weighted by Crippen LogP contribution is -2.35. The number of ether oxygens (including phenoxy) is 2.